The molecule has 5 rings (SSSR count). The van der Waals surface area contributed by atoms with Crippen LogP contribution in [0.4, 0.5) is 24.8 Å². The van der Waals surface area contributed by atoms with Crippen molar-refractivity contribution in [1.82, 2.24) is 29.7 Å². The Labute approximate surface area is 236 Å². The van der Waals surface area contributed by atoms with Crippen LogP contribution in [0.2, 0.25) is 5.02 Å². The summed E-state index contributed by atoms with van der Waals surface area (Å²) in [6.45, 7) is 2.49. The van der Waals surface area contributed by atoms with Gasteiger partial charge in [0.1, 0.15) is 11.7 Å². The van der Waals surface area contributed by atoms with Crippen LogP contribution >= 0.6 is 11.6 Å². The van der Waals surface area contributed by atoms with E-state index in [0.29, 0.717) is 24.6 Å². The van der Waals surface area contributed by atoms with E-state index in [1.165, 1.54) is 6.20 Å². The van der Waals surface area contributed by atoms with Crippen LogP contribution < -0.4 is 16.0 Å². The molecular formula is C26H23ClF3N9O2. The third kappa shape index (κ3) is 5.68. The van der Waals surface area contributed by atoms with Crippen molar-refractivity contribution in [3.63, 3.8) is 0 Å². The van der Waals surface area contributed by atoms with Gasteiger partial charge in [-0.15, -0.1) is 0 Å². The minimum Gasteiger partial charge on any atom is -0.368 e. The molecule has 2 amide bonds. The standard InChI is InChI=1S/C26H23ClF3N9O2/c1-13(14-7-33-26(34-8-14)38-6-2-3-20(38)24(31)40)39-12-15(9-35-39)36-25(41)19-11-32-10-18(37-19)21-16(23(29)30)4-5-17(27)22(21)28/h4-5,7-13,20,23H,2-3,6H2,1H3,(H2,31,40)(H,36,41)/t13-,20-/m1/s1. The van der Waals surface area contributed by atoms with E-state index in [1.54, 1.807) is 28.2 Å². The molecule has 3 N–H and O–H groups in total. The summed E-state index contributed by atoms with van der Waals surface area (Å²) in [5, 5.41) is 6.53. The number of aromatic nitrogens is 6. The van der Waals surface area contributed by atoms with Crippen molar-refractivity contribution in [2.45, 2.75) is 38.3 Å². The van der Waals surface area contributed by atoms with Gasteiger partial charge >= 0.3 is 0 Å². The summed E-state index contributed by atoms with van der Waals surface area (Å²) in [7, 11) is 0. The van der Waals surface area contributed by atoms with Crippen molar-refractivity contribution in [1.29, 1.82) is 0 Å². The lowest BCUT2D eigenvalue weighted by Crippen LogP contribution is -2.41. The molecule has 0 aliphatic carbocycles. The second-order valence-electron chi connectivity index (χ2n) is 9.33. The first-order chi connectivity index (χ1) is 19.6. The molecule has 1 aliphatic rings. The fourth-order valence-corrected chi connectivity index (χ4v) is 4.72. The number of primary amides is 1. The summed E-state index contributed by atoms with van der Waals surface area (Å²) in [5.41, 5.74) is 4.87. The van der Waals surface area contributed by atoms with Gasteiger partial charge in [-0.25, -0.2) is 28.1 Å². The van der Waals surface area contributed by atoms with E-state index in [9.17, 15) is 22.8 Å². The number of anilines is 2. The summed E-state index contributed by atoms with van der Waals surface area (Å²) in [5.74, 6) is -1.80. The fourth-order valence-electron chi connectivity index (χ4n) is 4.56. The lowest BCUT2D eigenvalue weighted by atomic mass is 10.0. The molecule has 1 saturated heterocycles. The Balaban J connectivity index is 1.30. The zero-order chi connectivity index (χ0) is 29.3. The zero-order valence-electron chi connectivity index (χ0n) is 21.5. The highest BCUT2D eigenvalue weighted by atomic mass is 35.5. The molecular weight excluding hydrogens is 563 g/mol. The molecule has 4 aromatic rings. The number of hydrogen-bond donors (Lipinski definition) is 2. The van der Waals surface area contributed by atoms with E-state index in [0.717, 1.165) is 36.5 Å². The van der Waals surface area contributed by atoms with Crippen molar-refractivity contribution in [2.75, 3.05) is 16.8 Å². The molecule has 1 aromatic carbocycles. The van der Waals surface area contributed by atoms with Crippen LogP contribution in [-0.2, 0) is 4.79 Å². The zero-order valence-corrected chi connectivity index (χ0v) is 22.3. The SMILES string of the molecule is C[C@H](c1cnc(N2CCC[C@@H]2C(N)=O)nc1)n1cc(NC(=O)c2cncc(-c3c(C(F)F)ccc(Cl)c3F)n2)cn1. The molecule has 4 heterocycles. The maximum Gasteiger partial charge on any atom is 0.275 e. The third-order valence-electron chi connectivity index (χ3n) is 6.72. The number of nitrogens with one attached hydrogen (secondary N) is 1. The highest BCUT2D eigenvalue weighted by molar-refractivity contribution is 6.31. The lowest BCUT2D eigenvalue weighted by Gasteiger charge is -2.22. The molecule has 1 aliphatic heterocycles. The quantitative estimate of drug-likeness (QED) is 0.313. The Kier molecular flexibility index (Phi) is 7.83. The van der Waals surface area contributed by atoms with Crippen molar-refractivity contribution >= 4 is 35.1 Å². The number of hydrogen-bond acceptors (Lipinski definition) is 8. The van der Waals surface area contributed by atoms with Crippen LogP contribution in [-0.4, -0.2) is 54.1 Å². The first-order valence-corrected chi connectivity index (χ1v) is 12.8. The molecule has 0 radical (unpaired) electrons. The van der Waals surface area contributed by atoms with Gasteiger partial charge in [0.25, 0.3) is 12.3 Å². The van der Waals surface area contributed by atoms with Gasteiger partial charge in [0, 0.05) is 41.8 Å². The second kappa shape index (κ2) is 11.5. The smallest absolute Gasteiger partial charge is 0.275 e. The van der Waals surface area contributed by atoms with E-state index in [2.05, 4.69) is 30.4 Å². The molecule has 41 heavy (non-hydrogen) atoms. The monoisotopic (exact) mass is 585 g/mol. The average Bonchev–Trinajstić information content (AvgIpc) is 3.64. The summed E-state index contributed by atoms with van der Waals surface area (Å²) < 4.78 is 43.3. The van der Waals surface area contributed by atoms with Crippen molar-refractivity contribution in [3.05, 3.63) is 77.0 Å². The number of carbonyl (C=O) groups is 2. The number of alkyl halides is 2. The molecule has 2 atom stereocenters. The first kappa shape index (κ1) is 28.0. The van der Waals surface area contributed by atoms with Gasteiger partial charge in [0.05, 0.1) is 41.0 Å². The minimum atomic E-state index is -3.00. The molecule has 0 spiro atoms. The van der Waals surface area contributed by atoms with E-state index < -0.39 is 41.2 Å². The summed E-state index contributed by atoms with van der Waals surface area (Å²) >= 11 is 5.79. The number of rotatable bonds is 8. The number of benzene rings is 1. The molecule has 0 unspecified atom stereocenters. The highest BCUT2D eigenvalue weighted by Gasteiger charge is 2.31. The molecule has 0 saturated carbocycles. The molecule has 3 aromatic heterocycles. The van der Waals surface area contributed by atoms with Gasteiger partial charge in [0.2, 0.25) is 11.9 Å². The molecule has 11 nitrogen and oxygen atoms in total. The number of amides is 2. The lowest BCUT2D eigenvalue weighted by molar-refractivity contribution is -0.119. The first-order valence-electron chi connectivity index (χ1n) is 12.5. The Bertz CT molecular complexity index is 1600. The second-order valence-corrected chi connectivity index (χ2v) is 9.73. The number of nitrogens with zero attached hydrogens (tertiary/aromatic N) is 7. The van der Waals surface area contributed by atoms with E-state index in [1.807, 2.05) is 6.92 Å². The van der Waals surface area contributed by atoms with Crippen molar-refractivity contribution in [3.8, 4) is 11.3 Å². The Morgan fingerprint density at radius 3 is 2.61 bits per heavy atom. The topological polar surface area (TPSA) is 145 Å². The van der Waals surface area contributed by atoms with Gasteiger partial charge in [-0.1, -0.05) is 17.7 Å². The van der Waals surface area contributed by atoms with Crippen molar-refractivity contribution < 1.29 is 22.8 Å². The van der Waals surface area contributed by atoms with E-state index >= 15 is 0 Å². The van der Waals surface area contributed by atoms with Gasteiger partial charge < -0.3 is 16.0 Å². The largest absolute Gasteiger partial charge is 0.368 e. The third-order valence-corrected chi connectivity index (χ3v) is 7.01. The van der Waals surface area contributed by atoms with Crippen LogP contribution in [0.5, 0.6) is 0 Å². The Hall–Kier alpha value is -4.59. The van der Waals surface area contributed by atoms with Crippen LogP contribution in [0.15, 0.2) is 49.3 Å². The predicted octanol–water partition coefficient (Wildman–Crippen LogP) is 4.18. The number of nitrogens with two attached hydrogens (primary N) is 1. The predicted molar refractivity (Wildman–Crippen MR) is 143 cm³/mol. The van der Waals surface area contributed by atoms with Crippen LogP contribution in [0, 0.1) is 5.82 Å². The summed E-state index contributed by atoms with van der Waals surface area (Å²) in [6, 6.07) is 1.27. The molecule has 0 bridgehead atoms. The van der Waals surface area contributed by atoms with E-state index in [-0.39, 0.29) is 22.5 Å². The Morgan fingerprint density at radius 1 is 1.15 bits per heavy atom. The van der Waals surface area contributed by atoms with Crippen LogP contribution in [0.3, 0.4) is 0 Å². The van der Waals surface area contributed by atoms with E-state index in [4.69, 9.17) is 17.3 Å². The number of carbonyl (C=O) groups excluding carboxylic acids is 2. The molecule has 15 heteroatoms. The molecule has 1 fully saturated rings. The summed E-state index contributed by atoms with van der Waals surface area (Å²) in [4.78, 5) is 43.1. The molecule has 212 valence electrons. The van der Waals surface area contributed by atoms with Gasteiger partial charge in [-0.05, 0) is 25.8 Å². The Morgan fingerprint density at radius 2 is 1.90 bits per heavy atom. The van der Waals surface area contributed by atoms with Gasteiger partial charge in [-0.2, -0.15) is 5.10 Å². The fraction of sp³-hybridized carbons (Fsp3) is 0.269. The van der Waals surface area contributed by atoms with Gasteiger partial charge in [-0.3, -0.25) is 19.3 Å². The van der Waals surface area contributed by atoms with Gasteiger partial charge in [0.15, 0.2) is 5.82 Å². The number of halogens is 4. The minimum absolute atomic E-state index is 0.233. The maximum absolute atomic E-state index is 14.7. The van der Waals surface area contributed by atoms with Crippen LogP contribution in [0.25, 0.3) is 11.3 Å². The average molecular weight is 586 g/mol. The van der Waals surface area contributed by atoms with Crippen molar-refractivity contribution in [2.24, 2.45) is 5.73 Å². The normalized spacial score (nSPS) is 15.8. The summed E-state index contributed by atoms with van der Waals surface area (Å²) in [6.07, 6.45) is 6.92. The van der Waals surface area contributed by atoms with Crippen LogP contribution in [0.1, 0.15) is 53.8 Å². The maximum atomic E-state index is 14.7. The highest BCUT2D eigenvalue weighted by Crippen LogP contribution is 2.35.